The fourth-order valence-corrected chi connectivity index (χ4v) is 9.02. The normalized spacial score (nSPS) is 42.0. The first-order valence-corrected chi connectivity index (χ1v) is 14.1. The van der Waals surface area contributed by atoms with Crippen LogP contribution in [0.5, 0.6) is 0 Å². The smallest absolute Gasteiger partial charge is 0.305 e. The summed E-state index contributed by atoms with van der Waals surface area (Å²) in [5, 5.41) is 0. The Labute approximate surface area is 198 Å². The summed E-state index contributed by atoms with van der Waals surface area (Å²) in [7, 11) is 0. The van der Waals surface area contributed by atoms with Crippen LogP contribution < -0.4 is 0 Å². The van der Waals surface area contributed by atoms with Gasteiger partial charge in [-0.15, -0.1) is 0 Å². The fraction of sp³-hybridized carbons (Fsp3) is 0.900. The first-order chi connectivity index (χ1) is 15.2. The number of allylic oxidation sites excluding steroid dienone is 1. The van der Waals surface area contributed by atoms with Crippen LogP contribution in [0.4, 0.5) is 0 Å². The van der Waals surface area contributed by atoms with Gasteiger partial charge < -0.3 is 4.74 Å². The summed E-state index contributed by atoms with van der Waals surface area (Å²) in [5.74, 6) is 5.28. The van der Waals surface area contributed by atoms with Crippen LogP contribution >= 0.6 is 0 Å². The van der Waals surface area contributed by atoms with Crippen molar-refractivity contribution < 1.29 is 9.53 Å². The number of hydrogen-bond acceptors (Lipinski definition) is 2. The molecular weight excluding hydrogens is 392 g/mol. The molecule has 0 N–H and O–H groups in total. The summed E-state index contributed by atoms with van der Waals surface area (Å²) in [6.45, 7) is 14.5. The Balaban J connectivity index is 1.45. The maximum atomic E-state index is 11.9. The fourth-order valence-electron chi connectivity index (χ4n) is 9.02. The second kappa shape index (κ2) is 9.46. The number of carbonyl (C=O) groups excluding carboxylic acids is 1. The first-order valence-electron chi connectivity index (χ1n) is 14.1. The average molecular weight is 443 g/mol. The highest BCUT2D eigenvalue weighted by Gasteiger charge is 2.59. The van der Waals surface area contributed by atoms with Crippen molar-refractivity contribution in [2.75, 3.05) is 0 Å². The molecule has 0 aromatic heterocycles. The van der Waals surface area contributed by atoms with Gasteiger partial charge in [-0.3, -0.25) is 4.79 Å². The minimum absolute atomic E-state index is 0.0270. The van der Waals surface area contributed by atoms with Gasteiger partial charge in [0.05, 0.1) is 0 Å². The van der Waals surface area contributed by atoms with Gasteiger partial charge in [0.25, 0.3) is 0 Å². The molecule has 2 heteroatoms. The van der Waals surface area contributed by atoms with Crippen molar-refractivity contribution in [1.29, 1.82) is 0 Å². The number of rotatable bonds is 7. The lowest BCUT2D eigenvalue weighted by Crippen LogP contribution is -2.51. The van der Waals surface area contributed by atoms with Gasteiger partial charge in [-0.25, -0.2) is 0 Å². The molecule has 4 aliphatic rings. The van der Waals surface area contributed by atoms with Gasteiger partial charge in [0.1, 0.15) is 6.10 Å². The van der Waals surface area contributed by atoms with E-state index in [9.17, 15) is 4.79 Å². The van der Waals surface area contributed by atoms with Crippen molar-refractivity contribution in [2.45, 2.75) is 125 Å². The van der Waals surface area contributed by atoms with E-state index in [2.05, 4.69) is 40.7 Å². The predicted molar refractivity (Wildman–Crippen MR) is 133 cm³/mol. The van der Waals surface area contributed by atoms with Crippen LogP contribution in [0.1, 0.15) is 119 Å². The van der Waals surface area contributed by atoms with Crippen LogP contribution in [0, 0.1) is 46.3 Å². The van der Waals surface area contributed by atoms with Crippen LogP contribution in [0.3, 0.4) is 0 Å². The molecule has 0 aromatic rings. The van der Waals surface area contributed by atoms with Gasteiger partial charge in [-0.1, -0.05) is 72.5 Å². The molecule has 2 nitrogen and oxygen atoms in total. The Morgan fingerprint density at radius 1 is 1.06 bits per heavy atom. The average Bonchev–Trinajstić information content (AvgIpc) is 3.11. The zero-order chi connectivity index (χ0) is 23.1. The molecule has 0 bridgehead atoms. The second-order valence-electron chi connectivity index (χ2n) is 13.0. The SMILES string of the molecule is CCC(=O)O[C@H]1CC[C@@]2(C)C(=CC[C@H]3[C@H]4CC[C@H]([C@@H](C)CCCC(C)C)[C@]4(C)CC[C@H]32)C1. The molecule has 0 unspecified atom stereocenters. The summed E-state index contributed by atoms with van der Waals surface area (Å²) in [4.78, 5) is 11.9. The zero-order valence-corrected chi connectivity index (χ0v) is 21.9. The summed E-state index contributed by atoms with van der Waals surface area (Å²) >= 11 is 0. The molecule has 182 valence electrons. The van der Waals surface area contributed by atoms with E-state index in [1.807, 2.05) is 6.92 Å². The topological polar surface area (TPSA) is 26.3 Å². The molecule has 3 saturated carbocycles. The third-order valence-electron chi connectivity index (χ3n) is 10.8. The lowest BCUT2D eigenvalue weighted by atomic mass is 9.47. The number of ether oxygens (including phenoxy) is 1. The van der Waals surface area contributed by atoms with Crippen LogP contribution in [0.15, 0.2) is 11.6 Å². The monoisotopic (exact) mass is 442 g/mol. The van der Waals surface area contributed by atoms with E-state index < -0.39 is 0 Å². The predicted octanol–water partition coefficient (Wildman–Crippen LogP) is 8.35. The Morgan fingerprint density at radius 2 is 1.84 bits per heavy atom. The van der Waals surface area contributed by atoms with Gasteiger partial charge in [-0.05, 0) is 91.3 Å². The molecule has 4 rings (SSSR count). The first kappa shape index (κ1) is 24.3. The van der Waals surface area contributed by atoms with E-state index in [0.717, 1.165) is 48.3 Å². The Morgan fingerprint density at radius 3 is 2.56 bits per heavy atom. The molecule has 0 spiro atoms. The van der Waals surface area contributed by atoms with Gasteiger partial charge in [0.15, 0.2) is 0 Å². The molecule has 0 aliphatic heterocycles. The Bertz CT molecular complexity index is 708. The summed E-state index contributed by atoms with van der Waals surface area (Å²) < 4.78 is 5.76. The van der Waals surface area contributed by atoms with Crippen molar-refractivity contribution in [3.05, 3.63) is 11.6 Å². The number of carbonyl (C=O) groups is 1. The van der Waals surface area contributed by atoms with E-state index in [0.29, 0.717) is 17.3 Å². The molecular formula is C30H50O2. The molecule has 4 aliphatic carbocycles. The van der Waals surface area contributed by atoms with Gasteiger partial charge in [0, 0.05) is 12.8 Å². The highest BCUT2D eigenvalue weighted by Crippen LogP contribution is 2.67. The summed E-state index contributed by atoms with van der Waals surface area (Å²) in [5.41, 5.74) is 2.54. The van der Waals surface area contributed by atoms with Crippen LogP contribution in [0.2, 0.25) is 0 Å². The largest absolute Gasteiger partial charge is 0.462 e. The minimum atomic E-state index is -0.0270. The minimum Gasteiger partial charge on any atom is -0.462 e. The van der Waals surface area contributed by atoms with E-state index >= 15 is 0 Å². The third-order valence-corrected chi connectivity index (χ3v) is 10.8. The highest BCUT2D eigenvalue weighted by molar-refractivity contribution is 5.69. The molecule has 8 atom stereocenters. The van der Waals surface area contributed by atoms with Crippen molar-refractivity contribution >= 4 is 5.97 Å². The van der Waals surface area contributed by atoms with Crippen LogP contribution in [0.25, 0.3) is 0 Å². The number of hydrogen-bond donors (Lipinski definition) is 0. The van der Waals surface area contributed by atoms with Crippen LogP contribution in [-0.2, 0) is 9.53 Å². The molecule has 32 heavy (non-hydrogen) atoms. The van der Waals surface area contributed by atoms with Crippen molar-refractivity contribution in [2.24, 2.45) is 46.3 Å². The lowest BCUT2D eigenvalue weighted by molar-refractivity contribution is -0.151. The summed E-state index contributed by atoms with van der Waals surface area (Å²) in [6.07, 6.45) is 17.8. The van der Waals surface area contributed by atoms with Crippen molar-refractivity contribution in [3.8, 4) is 0 Å². The van der Waals surface area contributed by atoms with E-state index in [-0.39, 0.29) is 12.1 Å². The van der Waals surface area contributed by atoms with Gasteiger partial charge >= 0.3 is 5.97 Å². The molecule has 0 saturated heterocycles. The third kappa shape index (κ3) is 4.34. The molecule has 0 heterocycles. The molecule has 3 fully saturated rings. The molecule has 0 amide bonds. The van der Waals surface area contributed by atoms with E-state index in [4.69, 9.17) is 4.74 Å². The van der Waals surface area contributed by atoms with E-state index in [1.165, 1.54) is 57.8 Å². The van der Waals surface area contributed by atoms with Gasteiger partial charge in [0.2, 0.25) is 0 Å². The summed E-state index contributed by atoms with van der Waals surface area (Å²) in [6, 6.07) is 0. The maximum absolute atomic E-state index is 11.9. The second-order valence-corrected chi connectivity index (χ2v) is 13.0. The van der Waals surface area contributed by atoms with Crippen molar-refractivity contribution in [3.63, 3.8) is 0 Å². The Kier molecular flexibility index (Phi) is 7.19. The quantitative estimate of drug-likeness (QED) is 0.292. The molecule has 0 aromatic carbocycles. The number of fused-ring (bicyclic) bond motifs is 5. The lowest BCUT2D eigenvalue weighted by Gasteiger charge is -2.58. The zero-order valence-electron chi connectivity index (χ0n) is 21.9. The number of esters is 1. The Hall–Kier alpha value is -0.790. The maximum Gasteiger partial charge on any atom is 0.305 e. The van der Waals surface area contributed by atoms with Gasteiger partial charge in [-0.2, -0.15) is 0 Å². The van der Waals surface area contributed by atoms with Crippen LogP contribution in [-0.4, -0.2) is 12.1 Å². The molecule has 0 radical (unpaired) electrons. The standard InChI is InChI=1S/C30H50O2/c1-7-28(31)32-23-15-17-29(5)22(19-23)11-12-24-26-14-13-25(21(4)10-8-9-20(2)3)30(26,6)18-16-27(24)29/h11,20-21,23-27H,7-10,12-19H2,1-6H3/t21-,23-,24-,25+,26+,27+,29-,30-/m0/s1. The highest BCUT2D eigenvalue weighted by atomic mass is 16.5. The van der Waals surface area contributed by atoms with E-state index in [1.54, 1.807) is 5.57 Å². The van der Waals surface area contributed by atoms with Crippen molar-refractivity contribution in [1.82, 2.24) is 0 Å².